The van der Waals surface area contributed by atoms with Crippen molar-refractivity contribution in [2.75, 3.05) is 22.1 Å². The number of benzene rings is 2. The summed E-state index contributed by atoms with van der Waals surface area (Å²) in [5, 5.41) is 5.19. The molecule has 140 valence electrons. The molecule has 1 unspecified atom stereocenters. The number of halogens is 2. The Labute approximate surface area is 163 Å². The SMILES string of the molecule is CC(=O)Nc1ccc(N2CC(C(=O)Nc3ccc(Br)cc3F)CC2=O)cc1. The highest BCUT2D eigenvalue weighted by Gasteiger charge is 2.35. The van der Waals surface area contributed by atoms with Gasteiger partial charge in [-0.2, -0.15) is 0 Å². The van der Waals surface area contributed by atoms with Gasteiger partial charge in [0.1, 0.15) is 5.82 Å². The lowest BCUT2D eigenvalue weighted by Crippen LogP contribution is -2.28. The second-order valence-corrected chi connectivity index (χ2v) is 7.16. The third-order valence-electron chi connectivity index (χ3n) is 4.18. The molecule has 0 spiro atoms. The summed E-state index contributed by atoms with van der Waals surface area (Å²) in [6, 6.07) is 11.1. The van der Waals surface area contributed by atoms with Gasteiger partial charge in [-0.15, -0.1) is 0 Å². The van der Waals surface area contributed by atoms with Gasteiger partial charge in [0.15, 0.2) is 0 Å². The van der Waals surface area contributed by atoms with Gasteiger partial charge >= 0.3 is 0 Å². The topological polar surface area (TPSA) is 78.5 Å². The normalized spacial score (nSPS) is 16.3. The lowest BCUT2D eigenvalue weighted by atomic mass is 10.1. The number of nitrogens with one attached hydrogen (secondary N) is 2. The van der Waals surface area contributed by atoms with Gasteiger partial charge in [-0.3, -0.25) is 14.4 Å². The molecule has 3 rings (SSSR count). The van der Waals surface area contributed by atoms with Crippen LogP contribution in [0.3, 0.4) is 0 Å². The maximum atomic E-state index is 13.9. The number of anilines is 3. The van der Waals surface area contributed by atoms with E-state index in [-0.39, 0.29) is 30.5 Å². The van der Waals surface area contributed by atoms with E-state index in [0.717, 1.165) is 0 Å². The van der Waals surface area contributed by atoms with Gasteiger partial charge < -0.3 is 15.5 Å². The van der Waals surface area contributed by atoms with Gasteiger partial charge in [0.25, 0.3) is 0 Å². The predicted molar refractivity (Wildman–Crippen MR) is 104 cm³/mol. The number of amides is 3. The zero-order valence-corrected chi connectivity index (χ0v) is 16.0. The minimum Gasteiger partial charge on any atom is -0.326 e. The minimum absolute atomic E-state index is 0.0530. The summed E-state index contributed by atoms with van der Waals surface area (Å²) in [5.41, 5.74) is 1.34. The van der Waals surface area contributed by atoms with Crippen LogP contribution in [-0.4, -0.2) is 24.3 Å². The van der Waals surface area contributed by atoms with E-state index in [1.54, 1.807) is 30.3 Å². The first kappa shape index (κ1) is 19.0. The Morgan fingerprint density at radius 3 is 2.48 bits per heavy atom. The van der Waals surface area contributed by atoms with Crippen LogP contribution < -0.4 is 15.5 Å². The molecule has 8 heteroatoms. The Balaban J connectivity index is 1.67. The first-order valence-corrected chi connectivity index (χ1v) is 9.06. The van der Waals surface area contributed by atoms with E-state index in [4.69, 9.17) is 0 Å². The molecule has 0 aliphatic carbocycles. The summed E-state index contributed by atoms with van der Waals surface area (Å²) in [6.45, 7) is 1.62. The first-order valence-electron chi connectivity index (χ1n) is 8.27. The monoisotopic (exact) mass is 433 g/mol. The smallest absolute Gasteiger partial charge is 0.229 e. The zero-order chi connectivity index (χ0) is 19.6. The van der Waals surface area contributed by atoms with Crippen molar-refractivity contribution in [2.24, 2.45) is 5.92 Å². The molecule has 3 amide bonds. The maximum Gasteiger partial charge on any atom is 0.229 e. The lowest BCUT2D eigenvalue weighted by Gasteiger charge is -2.17. The Hall–Kier alpha value is -2.74. The van der Waals surface area contributed by atoms with Gasteiger partial charge in [-0.05, 0) is 42.5 Å². The van der Waals surface area contributed by atoms with E-state index in [1.807, 2.05) is 0 Å². The number of nitrogens with zero attached hydrogens (tertiary/aromatic N) is 1. The number of rotatable bonds is 4. The van der Waals surface area contributed by atoms with Gasteiger partial charge in [-0.25, -0.2) is 4.39 Å². The van der Waals surface area contributed by atoms with Crippen LogP contribution in [0.25, 0.3) is 0 Å². The summed E-state index contributed by atoms with van der Waals surface area (Å²) in [5.74, 6) is -1.89. The molecule has 2 N–H and O–H groups in total. The molecule has 27 heavy (non-hydrogen) atoms. The molecule has 1 atom stereocenters. The molecule has 1 saturated heterocycles. The van der Waals surface area contributed by atoms with Crippen LogP contribution >= 0.6 is 15.9 Å². The van der Waals surface area contributed by atoms with E-state index in [0.29, 0.717) is 15.8 Å². The molecule has 1 aliphatic heterocycles. The third-order valence-corrected chi connectivity index (χ3v) is 4.68. The minimum atomic E-state index is -0.574. The van der Waals surface area contributed by atoms with Crippen molar-refractivity contribution in [3.8, 4) is 0 Å². The first-order chi connectivity index (χ1) is 12.8. The van der Waals surface area contributed by atoms with Crippen LogP contribution in [0.1, 0.15) is 13.3 Å². The largest absolute Gasteiger partial charge is 0.326 e. The molecular formula is C19H17BrFN3O3. The molecule has 2 aromatic rings. The van der Waals surface area contributed by atoms with E-state index < -0.39 is 17.6 Å². The average Bonchev–Trinajstić information content (AvgIpc) is 2.99. The molecule has 0 aromatic heterocycles. The van der Waals surface area contributed by atoms with Crippen molar-refractivity contribution in [3.63, 3.8) is 0 Å². The highest BCUT2D eigenvalue weighted by atomic mass is 79.9. The van der Waals surface area contributed by atoms with Crippen molar-refractivity contribution >= 4 is 50.7 Å². The fourth-order valence-corrected chi connectivity index (χ4v) is 3.22. The van der Waals surface area contributed by atoms with Crippen LogP contribution in [0, 0.1) is 11.7 Å². The summed E-state index contributed by atoms with van der Waals surface area (Å²) in [4.78, 5) is 37.3. The quantitative estimate of drug-likeness (QED) is 0.773. The summed E-state index contributed by atoms with van der Waals surface area (Å²) >= 11 is 3.16. The Bertz CT molecular complexity index is 902. The highest BCUT2D eigenvalue weighted by molar-refractivity contribution is 9.10. The van der Waals surface area contributed by atoms with Gasteiger partial charge in [0, 0.05) is 35.7 Å². The second-order valence-electron chi connectivity index (χ2n) is 6.25. The number of carbonyl (C=O) groups excluding carboxylic acids is 3. The molecule has 1 heterocycles. The Morgan fingerprint density at radius 1 is 1.15 bits per heavy atom. The zero-order valence-electron chi connectivity index (χ0n) is 14.5. The van der Waals surface area contributed by atoms with Gasteiger partial charge in [0.05, 0.1) is 11.6 Å². The van der Waals surface area contributed by atoms with Gasteiger partial charge in [-0.1, -0.05) is 15.9 Å². The van der Waals surface area contributed by atoms with Crippen LogP contribution in [-0.2, 0) is 14.4 Å². The molecule has 1 fully saturated rings. The third kappa shape index (κ3) is 4.51. The number of carbonyl (C=O) groups is 3. The fraction of sp³-hybridized carbons (Fsp3) is 0.211. The van der Waals surface area contributed by atoms with Crippen molar-refractivity contribution in [1.82, 2.24) is 0 Å². The van der Waals surface area contributed by atoms with Crippen molar-refractivity contribution in [2.45, 2.75) is 13.3 Å². The lowest BCUT2D eigenvalue weighted by molar-refractivity contribution is -0.122. The molecule has 2 aromatic carbocycles. The predicted octanol–water partition coefficient (Wildman–Crippen LogP) is 3.54. The molecule has 0 saturated carbocycles. The van der Waals surface area contributed by atoms with Crippen LogP contribution in [0.15, 0.2) is 46.9 Å². The van der Waals surface area contributed by atoms with E-state index in [2.05, 4.69) is 26.6 Å². The fourth-order valence-electron chi connectivity index (χ4n) is 2.89. The molecule has 1 aliphatic rings. The molecule has 6 nitrogen and oxygen atoms in total. The highest BCUT2D eigenvalue weighted by Crippen LogP contribution is 2.28. The molecule has 0 bridgehead atoms. The van der Waals surface area contributed by atoms with Crippen LogP contribution in [0.5, 0.6) is 0 Å². The number of hydrogen-bond acceptors (Lipinski definition) is 3. The van der Waals surface area contributed by atoms with Crippen LogP contribution in [0.2, 0.25) is 0 Å². The van der Waals surface area contributed by atoms with E-state index >= 15 is 0 Å². The molecule has 0 radical (unpaired) electrons. The Kier molecular flexibility index (Phi) is 5.55. The van der Waals surface area contributed by atoms with Crippen molar-refractivity contribution in [3.05, 3.63) is 52.8 Å². The van der Waals surface area contributed by atoms with E-state index in [9.17, 15) is 18.8 Å². The summed E-state index contributed by atoms with van der Waals surface area (Å²) in [6.07, 6.45) is 0.0530. The molecular weight excluding hydrogens is 417 g/mol. The number of hydrogen-bond donors (Lipinski definition) is 2. The van der Waals surface area contributed by atoms with Crippen molar-refractivity contribution in [1.29, 1.82) is 0 Å². The van der Waals surface area contributed by atoms with Gasteiger partial charge in [0.2, 0.25) is 17.7 Å². The maximum absolute atomic E-state index is 13.9. The second kappa shape index (κ2) is 7.87. The van der Waals surface area contributed by atoms with Crippen molar-refractivity contribution < 1.29 is 18.8 Å². The van der Waals surface area contributed by atoms with Crippen LogP contribution in [0.4, 0.5) is 21.5 Å². The standard InChI is InChI=1S/C19H17BrFN3O3/c1-11(25)22-14-3-5-15(6-4-14)24-10-12(8-18(24)26)19(27)23-17-7-2-13(20)9-16(17)21/h2-7,9,12H,8,10H2,1H3,(H,22,25)(H,23,27). The Morgan fingerprint density at radius 2 is 1.85 bits per heavy atom. The average molecular weight is 434 g/mol. The van der Waals surface area contributed by atoms with E-state index in [1.165, 1.54) is 24.0 Å². The summed E-state index contributed by atoms with van der Waals surface area (Å²) < 4.78 is 14.5. The summed E-state index contributed by atoms with van der Waals surface area (Å²) in [7, 11) is 0.